The van der Waals surface area contributed by atoms with Crippen LogP contribution in [0.2, 0.25) is 0 Å². The van der Waals surface area contributed by atoms with E-state index in [1.807, 2.05) is 18.5 Å². The van der Waals surface area contributed by atoms with Crippen LogP contribution >= 0.6 is 11.3 Å². The van der Waals surface area contributed by atoms with Crippen LogP contribution in [0.4, 0.5) is 5.95 Å². The average Bonchev–Trinajstić information content (AvgIpc) is 2.94. The van der Waals surface area contributed by atoms with Crippen molar-refractivity contribution in [3.63, 3.8) is 0 Å². The van der Waals surface area contributed by atoms with Gasteiger partial charge in [-0.05, 0) is 18.4 Å². The Morgan fingerprint density at radius 3 is 2.89 bits per heavy atom. The molecule has 18 heavy (non-hydrogen) atoms. The number of thiophene rings is 1. The smallest absolute Gasteiger partial charge is 0.225 e. The first-order chi connectivity index (χ1) is 8.84. The fraction of sp³-hybridized carbons (Fsp3) is 0.385. The summed E-state index contributed by atoms with van der Waals surface area (Å²) in [4.78, 5) is 12.5. The van der Waals surface area contributed by atoms with E-state index in [1.54, 1.807) is 11.3 Å². The summed E-state index contributed by atoms with van der Waals surface area (Å²) in [6.07, 6.45) is 3.84. The van der Waals surface area contributed by atoms with Gasteiger partial charge in [-0.3, -0.25) is 0 Å². The quantitative estimate of drug-likeness (QED) is 0.896. The van der Waals surface area contributed by atoms with Gasteiger partial charge in [0.1, 0.15) is 0 Å². The molecule has 1 aliphatic heterocycles. The Bertz CT molecular complexity index is 494. The van der Waals surface area contributed by atoms with Gasteiger partial charge in [0, 0.05) is 48.5 Å². The zero-order valence-electron chi connectivity index (χ0n) is 10.3. The Labute approximate surface area is 111 Å². The van der Waals surface area contributed by atoms with E-state index in [1.165, 1.54) is 4.88 Å². The number of hydrogen-bond acceptors (Lipinski definition) is 5. The summed E-state index contributed by atoms with van der Waals surface area (Å²) in [5.74, 6) is 0.837. The van der Waals surface area contributed by atoms with Crippen LogP contribution in [0.1, 0.15) is 6.92 Å². The standard InChI is InChI=1S/C13H16N4S/c1-10-7-14-4-5-17(10)13-15-8-11(9-16-13)12-3-2-6-18-12/h2-3,6,8-10,14H,4-5,7H2,1H3. The van der Waals surface area contributed by atoms with Gasteiger partial charge >= 0.3 is 0 Å². The molecule has 1 aliphatic rings. The van der Waals surface area contributed by atoms with Crippen molar-refractivity contribution in [2.45, 2.75) is 13.0 Å². The summed E-state index contributed by atoms with van der Waals surface area (Å²) in [6.45, 7) is 5.17. The topological polar surface area (TPSA) is 41.0 Å². The number of nitrogens with one attached hydrogen (secondary N) is 1. The molecule has 4 nitrogen and oxygen atoms in total. The van der Waals surface area contributed by atoms with Crippen LogP contribution in [0.25, 0.3) is 10.4 Å². The third-order valence-electron chi connectivity index (χ3n) is 3.20. The summed E-state index contributed by atoms with van der Waals surface area (Å²) in [7, 11) is 0. The monoisotopic (exact) mass is 260 g/mol. The third-order valence-corrected chi connectivity index (χ3v) is 4.12. The van der Waals surface area contributed by atoms with E-state index in [2.05, 4.69) is 38.6 Å². The molecule has 0 saturated carbocycles. The second-order valence-electron chi connectivity index (χ2n) is 4.50. The zero-order valence-corrected chi connectivity index (χ0v) is 11.2. The van der Waals surface area contributed by atoms with Crippen molar-refractivity contribution >= 4 is 17.3 Å². The molecule has 94 valence electrons. The van der Waals surface area contributed by atoms with Gasteiger partial charge in [0.25, 0.3) is 0 Å². The predicted molar refractivity (Wildman–Crippen MR) is 75.0 cm³/mol. The maximum Gasteiger partial charge on any atom is 0.225 e. The zero-order chi connectivity index (χ0) is 12.4. The Morgan fingerprint density at radius 1 is 1.39 bits per heavy atom. The largest absolute Gasteiger partial charge is 0.336 e. The van der Waals surface area contributed by atoms with E-state index in [-0.39, 0.29) is 0 Å². The second kappa shape index (κ2) is 5.04. The van der Waals surface area contributed by atoms with Gasteiger partial charge in [-0.2, -0.15) is 0 Å². The van der Waals surface area contributed by atoms with Crippen molar-refractivity contribution in [2.75, 3.05) is 24.5 Å². The van der Waals surface area contributed by atoms with Crippen molar-refractivity contribution in [3.05, 3.63) is 29.9 Å². The lowest BCUT2D eigenvalue weighted by Crippen LogP contribution is -2.50. The molecule has 1 saturated heterocycles. The van der Waals surface area contributed by atoms with E-state index in [9.17, 15) is 0 Å². The first-order valence-corrected chi connectivity index (χ1v) is 7.06. The van der Waals surface area contributed by atoms with Crippen LogP contribution in [0, 0.1) is 0 Å². The number of hydrogen-bond donors (Lipinski definition) is 1. The van der Waals surface area contributed by atoms with E-state index < -0.39 is 0 Å². The van der Waals surface area contributed by atoms with Crippen molar-refractivity contribution in [1.82, 2.24) is 15.3 Å². The highest BCUT2D eigenvalue weighted by atomic mass is 32.1. The van der Waals surface area contributed by atoms with Crippen molar-refractivity contribution in [3.8, 4) is 10.4 Å². The lowest BCUT2D eigenvalue weighted by molar-refractivity contribution is 0.493. The normalized spacial score (nSPS) is 20.1. The summed E-state index contributed by atoms with van der Waals surface area (Å²) >= 11 is 1.71. The molecule has 0 amide bonds. The van der Waals surface area contributed by atoms with Crippen molar-refractivity contribution in [1.29, 1.82) is 0 Å². The van der Waals surface area contributed by atoms with Crippen LogP contribution in [-0.4, -0.2) is 35.6 Å². The maximum absolute atomic E-state index is 4.50. The summed E-state index contributed by atoms with van der Waals surface area (Å²) < 4.78 is 0. The van der Waals surface area contributed by atoms with Gasteiger partial charge in [-0.1, -0.05) is 6.07 Å². The van der Waals surface area contributed by atoms with Gasteiger partial charge in [-0.25, -0.2) is 9.97 Å². The molecule has 0 aliphatic carbocycles. The first-order valence-electron chi connectivity index (χ1n) is 6.18. The average molecular weight is 260 g/mol. The van der Waals surface area contributed by atoms with Gasteiger partial charge in [0.15, 0.2) is 0 Å². The van der Waals surface area contributed by atoms with Crippen LogP contribution in [0.15, 0.2) is 29.9 Å². The molecule has 0 bridgehead atoms. The molecule has 1 atom stereocenters. The van der Waals surface area contributed by atoms with E-state index in [4.69, 9.17) is 0 Å². The predicted octanol–water partition coefficient (Wildman–Crippen LogP) is 2.00. The minimum Gasteiger partial charge on any atom is -0.336 e. The number of anilines is 1. The molecule has 2 aromatic heterocycles. The third kappa shape index (κ3) is 2.23. The van der Waals surface area contributed by atoms with E-state index in [0.717, 1.165) is 31.1 Å². The fourth-order valence-corrected chi connectivity index (χ4v) is 2.88. The van der Waals surface area contributed by atoms with Gasteiger partial charge in [0.2, 0.25) is 5.95 Å². The molecule has 2 aromatic rings. The first kappa shape index (κ1) is 11.6. The minimum atomic E-state index is 0.450. The van der Waals surface area contributed by atoms with Gasteiger partial charge < -0.3 is 10.2 Å². The Balaban J connectivity index is 1.82. The minimum absolute atomic E-state index is 0.450. The number of aromatic nitrogens is 2. The molecule has 1 N–H and O–H groups in total. The summed E-state index contributed by atoms with van der Waals surface area (Å²) in [5.41, 5.74) is 1.09. The van der Waals surface area contributed by atoms with Crippen LogP contribution < -0.4 is 10.2 Å². The SMILES string of the molecule is CC1CNCCN1c1ncc(-c2cccs2)cn1. The van der Waals surface area contributed by atoms with Crippen molar-refractivity contribution in [2.24, 2.45) is 0 Å². The number of rotatable bonds is 2. The number of nitrogens with zero attached hydrogens (tertiary/aromatic N) is 3. The summed E-state index contributed by atoms with van der Waals surface area (Å²) in [5, 5.41) is 5.44. The highest BCUT2D eigenvalue weighted by molar-refractivity contribution is 7.13. The molecular weight excluding hydrogens is 244 g/mol. The molecular formula is C13H16N4S. The number of piperazine rings is 1. The maximum atomic E-state index is 4.50. The molecule has 1 unspecified atom stereocenters. The highest BCUT2D eigenvalue weighted by Crippen LogP contribution is 2.24. The van der Waals surface area contributed by atoms with Gasteiger partial charge in [0.05, 0.1) is 0 Å². The molecule has 0 aromatic carbocycles. The van der Waals surface area contributed by atoms with E-state index in [0.29, 0.717) is 6.04 Å². The molecule has 0 radical (unpaired) electrons. The van der Waals surface area contributed by atoms with Crippen LogP contribution in [0.3, 0.4) is 0 Å². The second-order valence-corrected chi connectivity index (χ2v) is 5.44. The molecule has 3 rings (SSSR count). The highest BCUT2D eigenvalue weighted by Gasteiger charge is 2.20. The molecule has 1 fully saturated rings. The fourth-order valence-electron chi connectivity index (χ4n) is 2.18. The van der Waals surface area contributed by atoms with Crippen molar-refractivity contribution < 1.29 is 0 Å². The van der Waals surface area contributed by atoms with E-state index >= 15 is 0 Å². The van der Waals surface area contributed by atoms with Gasteiger partial charge in [-0.15, -0.1) is 11.3 Å². The Morgan fingerprint density at radius 2 is 2.22 bits per heavy atom. The molecule has 3 heterocycles. The Hall–Kier alpha value is -1.46. The lowest BCUT2D eigenvalue weighted by atomic mass is 10.2. The van der Waals surface area contributed by atoms with Crippen LogP contribution in [-0.2, 0) is 0 Å². The Kier molecular flexibility index (Phi) is 3.25. The van der Waals surface area contributed by atoms with Crippen LogP contribution in [0.5, 0.6) is 0 Å². The summed E-state index contributed by atoms with van der Waals surface area (Å²) in [6, 6.07) is 4.59. The molecule has 5 heteroatoms. The lowest BCUT2D eigenvalue weighted by Gasteiger charge is -2.33. The molecule has 0 spiro atoms.